The van der Waals surface area contributed by atoms with Crippen LogP contribution in [-0.2, 0) is 28.6 Å². The fourth-order valence-electron chi connectivity index (χ4n) is 9.79. The van der Waals surface area contributed by atoms with Crippen LogP contribution in [0.2, 0.25) is 0 Å². The number of esters is 2. The van der Waals surface area contributed by atoms with Gasteiger partial charge in [-0.3, -0.25) is 8.98 Å². The molecule has 7 nitrogen and oxygen atoms in total. The molecule has 6 rings (SSSR count). The Hall–Kier alpha value is -2.71. The highest BCUT2D eigenvalue weighted by molar-refractivity contribution is 7.86. The molecule has 0 unspecified atom stereocenters. The van der Waals surface area contributed by atoms with E-state index in [1.54, 1.807) is 36.4 Å². The third kappa shape index (κ3) is 5.73. The molecule has 4 aliphatic rings. The Morgan fingerprint density at radius 2 is 1.55 bits per heavy atom. The second kappa shape index (κ2) is 11.9. The van der Waals surface area contributed by atoms with Gasteiger partial charge >= 0.3 is 11.9 Å². The van der Waals surface area contributed by atoms with Crippen molar-refractivity contribution in [2.24, 2.45) is 40.4 Å². The van der Waals surface area contributed by atoms with Gasteiger partial charge in [0.2, 0.25) is 0 Å². The van der Waals surface area contributed by atoms with E-state index < -0.39 is 16.2 Å². The first kappa shape index (κ1) is 31.3. The van der Waals surface area contributed by atoms with Crippen molar-refractivity contribution in [2.75, 3.05) is 6.61 Å². The minimum Gasteiger partial charge on any atom is -0.463 e. The molecule has 238 valence electrons. The number of hydrogen-bond donors (Lipinski definition) is 0. The van der Waals surface area contributed by atoms with Gasteiger partial charge in [0.1, 0.15) is 12.2 Å². The molecule has 44 heavy (non-hydrogen) atoms. The van der Waals surface area contributed by atoms with Crippen LogP contribution in [0.15, 0.2) is 59.5 Å². The number of aryl methyl sites for hydroxylation is 1. The Bertz CT molecular complexity index is 1470. The summed E-state index contributed by atoms with van der Waals surface area (Å²) < 4.78 is 44.2. The van der Waals surface area contributed by atoms with E-state index in [1.165, 1.54) is 6.92 Å². The third-order valence-electron chi connectivity index (χ3n) is 12.0. The summed E-state index contributed by atoms with van der Waals surface area (Å²) in [6.07, 6.45) is 7.39. The van der Waals surface area contributed by atoms with Gasteiger partial charge in [0, 0.05) is 18.3 Å². The number of ether oxygens (including phenoxy) is 2. The Morgan fingerprint density at radius 1 is 0.841 bits per heavy atom. The summed E-state index contributed by atoms with van der Waals surface area (Å²) in [6.45, 7) is 8.11. The van der Waals surface area contributed by atoms with Gasteiger partial charge in [-0.2, -0.15) is 8.42 Å². The summed E-state index contributed by atoms with van der Waals surface area (Å²) in [4.78, 5) is 25.2. The highest BCUT2D eigenvalue weighted by Gasteiger charge is 2.63. The Morgan fingerprint density at radius 3 is 2.25 bits per heavy atom. The molecule has 4 saturated carbocycles. The quantitative estimate of drug-likeness (QED) is 0.240. The molecule has 0 amide bonds. The average molecular weight is 623 g/mol. The lowest BCUT2D eigenvalue weighted by Gasteiger charge is -2.60. The van der Waals surface area contributed by atoms with Crippen LogP contribution in [0, 0.1) is 47.3 Å². The molecule has 0 N–H and O–H groups in total. The normalized spacial score (nSPS) is 36.4. The Balaban J connectivity index is 1.25. The highest BCUT2D eigenvalue weighted by Crippen LogP contribution is 2.67. The van der Waals surface area contributed by atoms with Gasteiger partial charge in [-0.1, -0.05) is 49.7 Å². The van der Waals surface area contributed by atoms with Gasteiger partial charge in [0.15, 0.2) is 0 Å². The van der Waals surface area contributed by atoms with Crippen molar-refractivity contribution in [3.63, 3.8) is 0 Å². The van der Waals surface area contributed by atoms with Gasteiger partial charge in [0.25, 0.3) is 10.1 Å². The summed E-state index contributed by atoms with van der Waals surface area (Å²) in [5.41, 5.74) is 1.38. The summed E-state index contributed by atoms with van der Waals surface area (Å²) in [6, 6.07) is 15.7. The van der Waals surface area contributed by atoms with Crippen LogP contribution in [0.3, 0.4) is 0 Å². The van der Waals surface area contributed by atoms with Gasteiger partial charge in [0.05, 0.1) is 17.1 Å². The molecular weight excluding hydrogens is 576 g/mol. The maximum absolute atomic E-state index is 13.4. The zero-order valence-electron chi connectivity index (χ0n) is 26.4. The zero-order valence-corrected chi connectivity index (χ0v) is 27.2. The molecule has 0 radical (unpaired) electrons. The number of fused-ring (bicyclic) bond motifs is 5. The van der Waals surface area contributed by atoms with Crippen molar-refractivity contribution in [3.05, 3.63) is 65.7 Å². The molecule has 2 aromatic rings. The summed E-state index contributed by atoms with van der Waals surface area (Å²) in [5.74, 6) is 1.04. The molecule has 0 spiro atoms. The van der Waals surface area contributed by atoms with E-state index in [0.717, 1.165) is 56.9 Å². The second-order valence-electron chi connectivity index (χ2n) is 14.4. The van der Waals surface area contributed by atoms with Gasteiger partial charge in [-0.25, -0.2) is 4.79 Å². The predicted molar refractivity (Wildman–Crippen MR) is 166 cm³/mol. The fraction of sp³-hybridized carbons (Fsp3) is 0.611. The zero-order chi connectivity index (χ0) is 31.3. The fourth-order valence-corrected chi connectivity index (χ4v) is 10.7. The Kier molecular flexibility index (Phi) is 8.46. The monoisotopic (exact) mass is 622 g/mol. The molecular formula is C36H46O7S. The van der Waals surface area contributed by atoms with E-state index >= 15 is 0 Å². The minimum atomic E-state index is -3.96. The lowest BCUT2D eigenvalue weighted by atomic mass is 9.45. The van der Waals surface area contributed by atoms with Crippen LogP contribution in [0.5, 0.6) is 0 Å². The van der Waals surface area contributed by atoms with E-state index in [9.17, 15) is 18.0 Å². The molecule has 0 saturated heterocycles. The van der Waals surface area contributed by atoms with Crippen LogP contribution in [0.1, 0.15) is 88.1 Å². The third-order valence-corrected chi connectivity index (χ3v) is 13.3. The van der Waals surface area contributed by atoms with Crippen molar-refractivity contribution in [1.82, 2.24) is 0 Å². The maximum atomic E-state index is 13.4. The van der Waals surface area contributed by atoms with Crippen molar-refractivity contribution in [2.45, 2.75) is 96.2 Å². The summed E-state index contributed by atoms with van der Waals surface area (Å²) in [7, 11) is -3.96. The van der Waals surface area contributed by atoms with Gasteiger partial charge in [-0.15, -0.1) is 0 Å². The van der Waals surface area contributed by atoms with Crippen molar-refractivity contribution in [1.29, 1.82) is 0 Å². The van der Waals surface area contributed by atoms with Crippen molar-refractivity contribution >= 4 is 22.1 Å². The maximum Gasteiger partial charge on any atom is 0.338 e. The molecule has 9 atom stereocenters. The lowest BCUT2D eigenvalue weighted by molar-refractivity contribution is -0.161. The standard InChI is InChI=1S/C36H46O7S/c1-23-10-13-29(14-11-23)44(39,40)41-22-26-20-32-30-15-12-27-21-28(42-24(2)37)16-18-35(27,3)31(30)17-19-36(32,4)33(26)43-34(38)25-8-6-5-7-9-25/h5-11,13-14,26-28,30-33H,12,15-22H2,1-4H3/t26-,27-,28-,30+,31-,32-,33-,35-,36-/m0/s1. The van der Waals surface area contributed by atoms with Gasteiger partial charge in [-0.05, 0) is 112 Å². The molecule has 0 heterocycles. The van der Waals surface area contributed by atoms with Gasteiger partial charge < -0.3 is 9.47 Å². The largest absolute Gasteiger partial charge is 0.463 e. The molecule has 4 aliphatic carbocycles. The summed E-state index contributed by atoms with van der Waals surface area (Å²) in [5, 5.41) is 0. The minimum absolute atomic E-state index is 0.0150. The van der Waals surface area contributed by atoms with Crippen LogP contribution in [0.25, 0.3) is 0 Å². The molecule has 8 heteroatoms. The highest BCUT2D eigenvalue weighted by atomic mass is 32.2. The molecule has 0 bridgehead atoms. The van der Waals surface area contributed by atoms with Crippen LogP contribution >= 0.6 is 0 Å². The number of benzene rings is 2. The molecule has 0 aliphatic heterocycles. The SMILES string of the molecule is CC(=O)O[C@H]1CC[C@@]2(C)[C@@H](CC[C@@H]3[C@@H]2CC[C@@]2(C)[C@H]3C[C@@H](COS(=O)(=O)c3ccc(C)cc3)[C@@H]2OC(=O)c2ccccc2)C1. The lowest BCUT2D eigenvalue weighted by Crippen LogP contribution is -2.55. The number of carbonyl (C=O) groups is 2. The number of carbonyl (C=O) groups excluding carboxylic acids is 2. The first-order chi connectivity index (χ1) is 20.9. The van der Waals surface area contributed by atoms with Crippen LogP contribution in [-0.4, -0.2) is 39.2 Å². The van der Waals surface area contributed by atoms with E-state index in [0.29, 0.717) is 29.2 Å². The number of hydrogen-bond acceptors (Lipinski definition) is 7. The van der Waals surface area contributed by atoms with Crippen LogP contribution in [0.4, 0.5) is 0 Å². The van der Waals surface area contributed by atoms with E-state index in [1.807, 2.05) is 25.1 Å². The topological polar surface area (TPSA) is 96.0 Å². The van der Waals surface area contributed by atoms with Crippen LogP contribution < -0.4 is 0 Å². The first-order valence-corrected chi connectivity index (χ1v) is 17.7. The molecule has 4 fully saturated rings. The molecule has 2 aromatic carbocycles. The second-order valence-corrected chi connectivity index (χ2v) is 16.1. The summed E-state index contributed by atoms with van der Waals surface area (Å²) >= 11 is 0. The molecule has 0 aromatic heterocycles. The van der Waals surface area contributed by atoms with E-state index in [-0.39, 0.29) is 46.3 Å². The smallest absolute Gasteiger partial charge is 0.338 e. The van der Waals surface area contributed by atoms with E-state index in [2.05, 4.69) is 13.8 Å². The van der Waals surface area contributed by atoms with Crippen molar-refractivity contribution in [3.8, 4) is 0 Å². The van der Waals surface area contributed by atoms with Crippen molar-refractivity contribution < 1.29 is 31.7 Å². The predicted octanol–water partition coefficient (Wildman–Crippen LogP) is 7.13. The Labute approximate surface area is 262 Å². The average Bonchev–Trinajstić information content (AvgIpc) is 3.28. The van der Waals surface area contributed by atoms with E-state index in [4.69, 9.17) is 13.7 Å². The number of rotatable bonds is 7. The first-order valence-electron chi connectivity index (χ1n) is 16.3.